The lowest BCUT2D eigenvalue weighted by molar-refractivity contribution is -0.120. The minimum absolute atomic E-state index is 0.0573. The van der Waals surface area contributed by atoms with E-state index in [4.69, 9.17) is 16.3 Å². The van der Waals surface area contributed by atoms with Crippen LogP contribution in [0.4, 0.5) is 5.69 Å². The summed E-state index contributed by atoms with van der Waals surface area (Å²) in [5, 5.41) is 3.17. The third-order valence-electron chi connectivity index (χ3n) is 1.59. The largest absolute Gasteiger partial charge is 0.372 e. The third-order valence-corrected chi connectivity index (χ3v) is 1.91. The van der Waals surface area contributed by atoms with Gasteiger partial charge in [0.25, 0.3) is 0 Å². The maximum Gasteiger partial charge on any atom is 0.250 e. The average molecular weight is 214 g/mol. The van der Waals surface area contributed by atoms with Gasteiger partial charge in [0.2, 0.25) is 5.91 Å². The Kier molecular flexibility index (Phi) is 4.43. The Morgan fingerprint density at radius 2 is 2.21 bits per heavy atom. The lowest BCUT2D eigenvalue weighted by Crippen LogP contribution is -2.18. The molecule has 14 heavy (non-hydrogen) atoms. The van der Waals surface area contributed by atoms with Crippen molar-refractivity contribution in [2.24, 2.45) is 0 Å². The third kappa shape index (κ3) is 3.36. The summed E-state index contributed by atoms with van der Waals surface area (Å²) < 4.78 is 4.95. The summed E-state index contributed by atoms with van der Waals surface area (Å²) in [5.74, 6) is -0.194. The molecule has 0 heterocycles. The highest BCUT2D eigenvalue weighted by Crippen LogP contribution is 2.19. The van der Waals surface area contributed by atoms with Crippen molar-refractivity contribution in [2.45, 2.75) is 6.92 Å². The second-order valence-electron chi connectivity index (χ2n) is 2.67. The van der Waals surface area contributed by atoms with E-state index >= 15 is 0 Å². The molecular weight excluding hydrogens is 202 g/mol. The number of ether oxygens (including phenoxy) is 1. The first-order valence-corrected chi connectivity index (χ1v) is 4.74. The first kappa shape index (κ1) is 11.0. The van der Waals surface area contributed by atoms with Crippen molar-refractivity contribution >= 4 is 23.2 Å². The van der Waals surface area contributed by atoms with Crippen molar-refractivity contribution < 1.29 is 9.53 Å². The number of benzene rings is 1. The van der Waals surface area contributed by atoms with Crippen LogP contribution in [0, 0.1) is 0 Å². The molecule has 0 aliphatic rings. The molecule has 1 rings (SSSR count). The van der Waals surface area contributed by atoms with E-state index in [1.54, 1.807) is 18.2 Å². The van der Waals surface area contributed by atoms with Gasteiger partial charge in [-0.15, -0.1) is 0 Å². The van der Waals surface area contributed by atoms with Gasteiger partial charge in [0.1, 0.15) is 6.61 Å². The molecule has 0 spiro atoms. The number of carbonyl (C=O) groups excluding carboxylic acids is 1. The Hall–Kier alpha value is -1.06. The number of carbonyl (C=O) groups is 1. The molecule has 0 fully saturated rings. The molecule has 0 aliphatic carbocycles. The molecular formula is C10H12ClNO2. The number of para-hydroxylation sites is 1. The van der Waals surface area contributed by atoms with Crippen LogP contribution in [0.25, 0.3) is 0 Å². The first-order chi connectivity index (χ1) is 6.74. The molecule has 1 N–H and O–H groups in total. The fourth-order valence-corrected chi connectivity index (χ4v) is 1.13. The lowest BCUT2D eigenvalue weighted by Gasteiger charge is -2.06. The second kappa shape index (κ2) is 5.62. The fraction of sp³-hybridized carbons (Fsp3) is 0.300. The molecule has 0 saturated carbocycles. The normalized spacial score (nSPS) is 9.86. The zero-order chi connectivity index (χ0) is 10.4. The lowest BCUT2D eigenvalue weighted by atomic mass is 10.3. The van der Waals surface area contributed by atoms with Crippen LogP contribution in [-0.2, 0) is 9.53 Å². The van der Waals surface area contributed by atoms with E-state index in [2.05, 4.69) is 5.32 Å². The summed E-state index contributed by atoms with van der Waals surface area (Å²) in [6.45, 7) is 2.42. The van der Waals surface area contributed by atoms with Gasteiger partial charge in [0.15, 0.2) is 0 Å². The van der Waals surface area contributed by atoms with Crippen molar-refractivity contribution in [1.82, 2.24) is 0 Å². The van der Waals surface area contributed by atoms with Crippen LogP contribution in [0.2, 0.25) is 5.02 Å². The van der Waals surface area contributed by atoms with Crippen molar-refractivity contribution in [1.29, 1.82) is 0 Å². The average Bonchev–Trinajstić information content (AvgIpc) is 2.18. The van der Waals surface area contributed by atoms with Gasteiger partial charge < -0.3 is 10.1 Å². The Bertz CT molecular complexity index is 315. The van der Waals surface area contributed by atoms with Crippen LogP contribution >= 0.6 is 11.6 Å². The SMILES string of the molecule is CCOCC(=O)Nc1ccccc1Cl. The number of amides is 1. The molecule has 1 aromatic carbocycles. The van der Waals surface area contributed by atoms with Crippen LogP contribution in [0.5, 0.6) is 0 Å². The highest BCUT2D eigenvalue weighted by atomic mass is 35.5. The number of rotatable bonds is 4. The standard InChI is InChI=1S/C10H12ClNO2/c1-2-14-7-10(13)12-9-6-4-3-5-8(9)11/h3-6H,2,7H2,1H3,(H,12,13). The van der Waals surface area contributed by atoms with E-state index in [0.717, 1.165) is 0 Å². The minimum Gasteiger partial charge on any atom is -0.372 e. The summed E-state index contributed by atoms with van der Waals surface area (Å²) in [5.41, 5.74) is 0.610. The fourth-order valence-electron chi connectivity index (χ4n) is 0.944. The molecule has 1 amide bonds. The van der Waals surface area contributed by atoms with Crippen molar-refractivity contribution in [3.05, 3.63) is 29.3 Å². The number of anilines is 1. The Morgan fingerprint density at radius 1 is 1.50 bits per heavy atom. The smallest absolute Gasteiger partial charge is 0.250 e. The summed E-state index contributed by atoms with van der Waals surface area (Å²) in [4.78, 5) is 11.2. The van der Waals surface area contributed by atoms with E-state index < -0.39 is 0 Å². The molecule has 0 bridgehead atoms. The number of hydrogen-bond acceptors (Lipinski definition) is 2. The van der Waals surface area contributed by atoms with Crippen LogP contribution in [0.1, 0.15) is 6.92 Å². The molecule has 76 valence electrons. The minimum atomic E-state index is -0.194. The van der Waals surface area contributed by atoms with Gasteiger partial charge in [-0.3, -0.25) is 4.79 Å². The van der Waals surface area contributed by atoms with E-state index in [9.17, 15) is 4.79 Å². The van der Waals surface area contributed by atoms with Gasteiger partial charge in [-0.05, 0) is 19.1 Å². The second-order valence-corrected chi connectivity index (χ2v) is 3.07. The Labute approximate surface area is 88.0 Å². The van der Waals surface area contributed by atoms with Gasteiger partial charge in [0, 0.05) is 6.61 Å². The summed E-state index contributed by atoms with van der Waals surface area (Å²) >= 11 is 5.85. The van der Waals surface area contributed by atoms with E-state index in [1.165, 1.54) is 0 Å². The predicted molar refractivity (Wildman–Crippen MR) is 56.6 cm³/mol. The van der Waals surface area contributed by atoms with Crippen molar-refractivity contribution in [3.63, 3.8) is 0 Å². The maximum absolute atomic E-state index is 11.2. The molecule has 0 atom stereocenters. The number of hydrogen-bond donors (Lipinski definition) is 1. The van der Waals surface area contributed by atoms with Gasteiger partial charge in [0.05, 0.1) is 10.7 Å². The quantitative estimate of drug-likeness (QED) is 0.834. The zero-order valence-corrected chi connectivity index (χ0v) is 8.67. The van der Waals surface area contributed by atoms with E-state index in [0.29, 0.717) is 17.3 Å². The predicted octanol–water partition coefficient (Wildman–Crippen LogP) is 2.32. The van der Waals surface area contributed by atoms with Crippen molar-refractivity contribution in [3.8, 4) is 0 Å². The zero-order valence-electron chi connectivity index (χ0n) is 7.92. The summed E-state index contributed by atoms with van der Waals surface area (Å²) in [6, 6.07) is 7.08. The molecule has 1 aromatic rings. The molecule has 0 saturated heterocycles. The first-order valence-electron chi connectivity index (χ1n) is 4.36. The van der Waals surface area contributed by atoms with Gasteiger partial charge in [-0.25, -0.2) is 0 Å². The number of halogens is 1. The van der Waals surface area contributed by atoms with Gasteiger partial charge >= 0.3 is 0 Å². The Morgan fingerprint density at radius 3 is 2.86 bits per heavy atom. The molecule has 0 unspecified atom stereocenters. The Balaban J connectivity index is 2.52. The number of nitrogens with one attached hydrogen (secondary N) is 1. The summed E-state index contributed by atoms with van der Waals surface area (Å²) in [7, 11) is 0. The molecule has 4 heteroatoms. The maximum atomic E-state index is 11.2. The molecule has 0 radical (unpaired) electrons. The van der Waals surface area contributed by atoms with Gasteiger partial charge in [-0.1, -0.05) is 23.7 Å². The van der Waals surface area contributed by atoms with Crippen LogP contribution in [0.3, 0.4) is 0 Å². The van der Waals surface area contributed by atoms with E-state index in [-0.39, 0.29) is 12.5 Å². The molecule has 3 nitrogen and oxygen atoms in total. The monoisotopic (exact) mass is 213 g/mol. The molecule has 0 aliphatic heterocycles. The van der Waals surface area contributed by atoms with Crippen LogP contribution in [0.15, 0.2) is 24.3 Å². The highest BCUT2D eigenvalue weighted by Gasteiger charge is 2.03. The van der Waals surface area contributed by atoms with Crippen LogP contribution in [-0.4, -0.2) is 19.1 Å². The van der Waals surface area contributed by atoms with E-state index in [1.807, 2.05) is 13.0 Å². The molecule has 0 aromatic heterocycles. The topological polar surface area (TPSA) is 38.3 Å². The highest BCUT2D eigenvalue weighted by molar-refractivity contribution is 6.33. The van der Waals surface area contributed by atoms with Gasteiger partial charge in [-0.2, -0.15) is 0 Å². The van der Waals surface area contributed by atoms with Crippen LogP contribution < -0.4 is 5.32 Å². The summed E-state index contributed by atoms with van der Waals surface area (Å²) in [6.07, 6.45) is 0. The van der Waals surface area contributed by atoms with Crippen molar-refractivity contribution in [2.75, 3.05) is 18.5 Å².